The molecule has 0 bridgehead atoms. The normalized spacial score (nSPS) is 11.4. The molecule has 0 aliphatic rings. The monoisotopic (exact) mass is 416 g/mol. The van der Waals surface area contributed by atoms with E-state index in [1.165, 1.54) is 43.5 Å². The van der Waals surface area contributed by atoms with Gasteiger partial charge in [0.1, 0.15) is 11.5 Å². The van der Waals surface area contributed by atoms with Crippen LogP contribution in [0.5, 0.6) is 11.5 Å². The van der Waals surface area contributed by atoms with Crippen molar-refractivity contribution < 1.29 is 22.7 Å². The number of imidazole rings is 1. The van der Waals surface area contributed by atoms with Gasteiger partial charge in [-0.05, 0) is 62.4 Å². The Kier molecular flexibility index (Phi) is 5.60. The second kappa shape index (κ2) is 7.96. The van der Waals surface area contributed by atoms with Gasteiger partial charge in [0, 0.05) is 18.0 Å². The van der Waals surface area contributed by atoms with Gasteiger partial charge in [-0.15, -0.1) is 0 Å². The van der Waals surface area contributed by atoms with Crippen LogP contribution in [-0.4, -0.2) is 36.1 Å². The molecule has 0 amide bonds. The van der Waals surface area contributed by atoms with Gasteiger partial charge in [0.15, 0.2) is 0 Å². The van der Waals surface area contributed by atoms with Gasteiger partial charge in [0.2, 0.25) is 0 Å². The van der Waals surface area contributed by atoms with E-state index < -0.39 is 21.6 Å². The topological polar surface area (TPSA) is 96.6 Å². The summed E-state index contributed by atoms with van der Waals surface area (Å²) in [4.78, 5) is 25.2. The number of ether oxygens (including phenoxy) is 2. The first kappa shape index (κ1) is 20.4. The van der Waals surface area contributed by atoms with E-state index in [1.54, 1.807) is 12.1 Å². The lowest BCUT2D eigenvalue weighted by molar-refractivity contribution is 0.0956. The van der Waals surface area contributed by atoms with Gasteiger partial charge in [-0.2, -0.15) is 3.97 Å². The zero-order valence-corrected chi connectivity index (χ0v) is 16.9. The second-order valence-electron chi connectivity index (χ2n) is 6.42. The highest BCUT2D eigenvalue weighted by atomic mass is 32.2. The molecule has 9 heteroatoms. The lowest BCUT2D eigenvalue weighted by Gasteiger charge is -2.09. The summed E-state index contributed by atoms with van der Waals surface area (Å²) < 4.78 is 37.3. The Morgan fingerprint density at radius 3 is 2.07 bits per heavy atom. The molecule has 2 aromatic carbocycles. The van der Waals surface area contributed by atoms with Crippen LogP contribution < -0.4 is 15.2 Å². The molecule has 0 saturated heterocycles. The first-order chi connectivity index (χ1) is 13.7. The third-order valence-electron chi connectivity index (χ3n) is 4.05. The van der Waals surface area contributed by atoms with E-state index in [2.05, 4.69) is 0 Å². The minimum absolute atomic E-state index is 0.0173. The van der Waals surface area contributed by atoms with E-state index in [1.807, 2.05) is 13.8 Å². The number of methoxy groups -OCH3 is 1. The summed E-state index contributed by atoms with van der Waals surface area (Å²) in [5, 5.41) is 0. The Morgan fingerprint density at radius 1 is 0.931 bits per heavy atom. The molecule has 152 valence electrons. The van der Waals surface area contributed by atoms with E-state index in [0.29, 0.717) is 15.5 Å². The molecule has 29 heavy (non-hydrogen) atoms. The van der Waals surface area contributed by atoms with Gasteiger partial charge < -0.3 is 9.47 Å². The van der Waals surface area contributed by atoms with Crippen molar-refractivity contribution in [1.29, 1.82) is 0 Å². The Morgan fingerprint density at radius 2 is 1.52 bits per heavy atom. The molecule has 0 saturated carbocycles. The van der Waals surface area contributed by atoms with Crippen LogP contribution in [0.1, 0.15) is 24.2 Å². The van der Waals surface area contributed by atoms with E-state index in [-0.39, 0.29) is 16.6 Å². The maximum atomic E-state index is 12.8. The molecule has 0 N–H and O–H groups in total. The lowest BCUT2D eigenvalue weighted by atomic mass is 10.2. The largest absolute Gasteiger partial charge is 0.497 e. The van der Waals surface area contributed by atoms with Gasteiger partial charge >= 0.3 is 5.69 Å². The molecule has 0 unspecified atom stereocenters. The standard InChI is InChI=1S/C20H20N2O6S/c1-14(2)28-17-6-4-15(5-7-17)19(23)21-12-13-22(20(21)24)29(25,26)18-10-8-16(27-3)9-11-18/h4-14H,1-3H3. The van der Waals surface area contributed by atoms with E-state index in [0.717, 1.165) is 17.0 Å². The fourth-order valence-corrected chi connectivity index (χ4v) is 3.86. The summed E-state index contributed by atoms with van der Waals surface area (Å²) in [5.74, 6) is 0.423. The Bertz CT molecular complexity index is 1170. The van der Waals surface area contributed by atoms with Crippen molar-refractivity contribution in [1.82, 2.24) is 8.54 Å². The average Bonchev–Trinajstić information content (AvgIpc) is 3.09. The van der Waals surface area contributed by atoms with E-state index >= 15 is 0 Å². The van der Waals surface area contributed by atoms with E-state index in [9.17, 15) is 18.0 Å². The predicted octanol–water partition coefficient (Wildman–Crippen LogP) is 2.37. The van der Waals surface area contributed by atoms with Gasteiger partial charge in [-0.1, -0.05) is 0 Å². The third kappa shape index (κ3) is 4.09. The molecule has 0 atom stereocenters. The van der Waals surface area contributed by atoms with Gasteiger partial charge in [-0.3, -0.25) is 4.79 Å². The maximum Gasteiger partial charge on any atom is 0.349 e. The molecule has 0 radical (unpaired) electrons. The smallest absolute Gasteiger partial charge is 0.349 e. The average molecular weight is 416 g/mol. The van der Waals surface area contributed by atoms with Crippen LogP contribution in [0.3, 0.4) is 0 Å². The van der Waals surface area contributed by atoms with Crippen molar-refractivity contribution in [2.24, 2.45) is 0 Å². The molecule has 8 nitrogen and oxygen atoms in total. The van der Waals surface area contributed by atoms with Crippen LogP contribution in [-0.2, 0) is 10.0 Å². The number of benzene rings is 2. The fraction of sp³-hybridized carbons (Fsp3) is 0.200. The third-order valence-corrected chi connectivity index (χ3v) is 5.72. The van der Waals surface area contributed by atoms with Crippen molar-refractivity contribution in [3.05, 3.63) is 77.0 Å². The maximum absolute atomic E-state index is 12.8. The SMILES string of the molecule is COc1ccc(S(=O)(=O)n2ccn(C(=O)c3ccc(OC(C)C)cc3)c2=O)cc1. The number of carbonyl (C=O) groups is 1. The van der Waals surface area contributed by atoms with Crippen LogP contribution in [0.2, 0.25) is 0 Å². The number of rotatable bonds is 6. The zero-order chi connectivity index (χ0) is 21.2. The summed E-state index contributed by atoms with van der Waals surface area (Å²) in [6.07, 6.45) is 2.16. The number of hydrogen-bond donors (Lipinski definition) is 0. The first-order valence-corrected chi connectivity index (χ1v) is 10.2. The van der Waals surface area contributed by atoms with Crippen LogP contribution in [0, 0.1) is 0 Å². The highest BCUT2D eigenvalue weighted by Gasteiger charge is 2.23. The fourth-order valence-electron chi connectivity index (χ4n) is 2.65. The van der Waals surface area contributed by atoms with Crippen molar-refractivity contribution in [2.45, 2.75) is 24.8 Å². The van der Waals surface area contributed by atoms with Crippen LogP contribution in [0.25, 0.3) is 0 Å². The lowest BCUT2D eigenvalue weighted by Crippen LogP contribution is -2.32. The summed E-state index contributed by atoms with van der Waals surface area (Å²) in [6, 6.07) is 11.9. The molecule has 1 heterocycles. The number of nitrogens with zero attached hydrogens (tertiary/aromatic N) is 2. The number of carbonyl (C=O) groups excluding carboxylic acids is 1. The molecule has 0 aliphatic carbocycles. The Hall–Kier alpha value is -3.33. The molecular formula is C20H20N2O6S. The summed E-state index contributed by atoms with van der Waals surface area (Å²) in [6.45, 7) is 3.76. The molecule has 3 rings (SSSR count). The van der Waals surface area contributed by atoms with E-state index in [4.69, 9.17) is 9.47 Å². The van der Waals surface area contributed by atoms with Crippen molar-refractivity contribution in [3.63, 3.8) is 0 Å². The Labute approximate surface area is 168 Å². The van der Waals surface area contributed by atoms with Crippen LogP contribution >= 0.6 is 0 Å². The molecule has 0 fully saturated rings. The molecule has 0 spiro atoms. The second-order valence-corrected chi connectivity index (χ2v) is 8.24. The predicted molar refractivity (Wildman–Crippen MR) is 106 cm³/mol. The van der Waals surface area contributed by atoms with Crippen molar-refractivity contribution in [2.75, 3.05) is 7.11 Å². The molecule has 0 aliphatic heterocycles. The molecule has 3 aromatic rings. The summed E-state index contributed by atoms with van der Waals surface area (Å²) in [5.41, 5.74) is -0.754. The molecular weight excluding hydrogens is 396 g/mol. The van der Waals surface area contributed by atoms with Crippen LogP contribution in [0.4, 0.5) is 0 Å². The Balaban J connectivity index is 1.92. The van der Waals surface area contributed by atoms with Crippen molar-refractivity contribution in [3.8, 4) is 11.5 Å². The number of hydrogen-bond acceptors (Lipinski definition) is 6. The van der Waals surface area contributed by atoms with Gasteiger partial charge in [-0.25, -0.2) is 17.8 Å². The molecule has 1 aromatic heterocycles. The van der Waals surface area contributed by atoms with Gasteiger partial charge in [0.25, 0.3) is 15.9 Å². The quantitative estimate of drug-likeness (QED) is 0.612. The summed E-state index contributed by atoms with van der Waals surface area (Å²) >= 11 is 0. The first-order valence-electron chi connectivity index (χ1n) is 8.75. The minimum atomic E-state index is -4.15. The highest BCUT2D eigenvalue weighted by Crippen LogP contribution is 2.18. The summed E-state index contributed by atoms with van der Waals surface area (Å²) in [7, 11) is -2.69. The zero-order valence-electron chi connectivity index (χ0n) is 16.1. The highest BCUT2D eigenvalue weighted by molar-refractivity contribution is 7.90. The van der Waals surface area contributed by atoms with Crippen LogP contribution in [0.15, 0.2) is 70.6 Å². The number of aromatic nitrogens is 2. The van der Waals surface area contributed by atoms with Crippen molar-refractivity contribution >= 4 is 15.9 Å². The van der Waals surface area contributed by atoms with Gasteiger partial charge in [0.05, 0.1) is 18.1 Å². The minimum Gasteiger partial charge on any atom is -0.497 e.